The van der Waals surface area contributed by atoms with Gasteiger partial charge in [0, 0.05) is 16.2 Å². The van der Waals surface area contributed by atoms with Crippen LogP contribution in [0.15, 0.2) is 103 Å². The molecule has 0 fully saturated rings. The van der Waals surface area contributed by atoms with Crippen molar-refractivity contribution < 1.29 is 4.52 Å². The van der Waals surface area contributed by atoms with Gasteiger partial charge in [-0.25, -0.2) is 0 Å². The quantitative estimate of drug-likeness (QED) is 0.228. The zero-order valence-electron chi connectivity index (χ0n) is 22.2. The average Bonchev–Trinajstić information content (AvgIpc) is 2.85. The van der Waals surface area contributed by atoms with Gasteiger partial charge >= 0.3 is 0 Å². The maximum absolute atomic E-state index is 7.19. The van der Waals surface area contributed by atoms with E-state index in [0.29, 0.717) is 0 Å². The highest BCUT2D eigenvalue weighted by Gasteiger charge is 2.27. The predicted octanol–water partition coefficient (Wildman–Crippen LogP) is 9.01. The van der Waals surface area contributed by atoms with Crippen LogP contribution in [0.3, 0.4) is 0 Å². The highest BCUT2D eigenvalue weighted by atomic mass is 31.1. The summed E-state index contributed by atoms with van der Waals surface area (Å²) in [7, 11) is -1.13. The van der Waals surface area contributed by atoms with E-state index in [1.165, 1.54) is 43.3 Å². The molecule has 0 bridgehead atoms. The van der Waals surface area contributed by atoms with Crippen molar-refractivity contribution in [3.63, 3.8) is 0 Å². The molecule has 0 heterocycles. The van der Waals surface area contributed by atoms with Crippen molar-refractivity contribution in [1.82, 2.24) is 0 Å². The minimum absolute atomic E-state index is 0.0465. The van der Waals surface area contributed by atoms with E-state index in [-0.39, 0.29) is 10.8 Å². The summed E-state index contributed by atoms with van der Waals surface area (Å²) in [5.74, 6) is 0.975. The van der Waals surface area contributed by atoms with Crippen molar-refractivity contribution in [3.05, 3.63) is 114 Å². The molecule has 0 spiro atoms. The number of hydrogen-bond donors (Lipinski definition) is 0. The molecule has 5 rings (SSSR count). The summed E-state index contributed by atoms with van der Waals surface area (Å²) in [5, 5.41) is 7.49. The first kappa shape index (κ1) is 24.5. The molecule has 0 saturated carbocycles. The molecule has 0 N–H and O–H groups in total. The predicted molar refractivity (Wildman–Crippen MR) is 159 cm³/mol. The van der Waals surface area contributed by atoms with Crippen LogP contribution in [-0.4, -0.2) is 0 Å². The van der Waals surface area contributed by atoms with Crippen molar-refractivity contribution in [1.29, 1.82) is 0 Å². The fraction of sp³-hybridized carbons (Fsp3) is 0.235. The van der Waals surface area contributed by atoms with Gasteiger partial charge in [0.15, 0.2) is 8.15 Å². The van der Waals surface area contributed by atoms with E-state index in [1.807, 2.05) is 0 Å². The summed E-state index contributed by atoms with van der Waals surface area (Å²) in [4.78, 5) is 0. The van der Waals surface area contributed by atoms with Crippen LogP contribution in [0.5, 0.6) is 5.75 Å². The molecular weight excluding hydrogens is 455 g/mol. The van der Waals surface area contributed by atoms with E-state index in [4.69, 9.17) is 4.52 Å². The maximum Gasteiger partial charge on any atom is 0.152 e. The average molecular weight is 491 g/mol. The normalized spacial score (nSPS) is 12.4. The van der Waals surface area contributed by atoms with Crippen LogP contribution in [0.2, 0.25) is 0 Å². The summed E-state index contributed by atoms with van der Waals surface area (Å²) < 4.78 is 7.19. The third kappa shape index (κ3) is 4.78. The number of hydrogen-bond acceptors (Lipinski definition) is 1. The topological polar surface area (TPSA) is 9.23 Å². The molecule has 0 saturated heterocycles. The van der Waals surface area contributed by atoms with Crippen LogP contribution in [0.1, 0.15) is 52.7 Å². The molecule has 0 amide bonds. The second kappa shape index (κ2) is 9.38. The first-order valence-electron chi connectivity index (χ1n) is 12.7. The molecule has 0 aliphatic rings. The molecule has 0 aromatic heterocycles. The van der Waals surface area contributed by atoms with Crippen LogP contribution in [0.4, 0.5) is 0 Å². The molecule has 0 atom stereocenters. The van der Waals surface area contributed by atoms with Crippen molar-refractivity contribution in [2.75, 3.05) is 0 Å². The SMILES string of the molecule is CC(C)(C)c1ccc(OP(c2cccc3ccccc23)c2cccc3ccccc23)c(C(C)(C)C)c1. The Bertz CT molecular complexity index is 1450. The first-order chi connectivity index (χ1) is 17.1. The van der Waals surface area contributed by atoms with Gasteiger partial charge in [0.1, 0.15) is 5.75 Å². The lowest BCUT2D eigenvalue weighted by molar-refractivity contribution is 0.532. The summed E-state index contributed by atoms with van der Waals surface area (Å²) in [6, 6.07) is 37.3. The minimum atomic E-state index is -1.13. The zero-order chi connectivity index (χ0) is 25.5. The lowest BCUT2D eigenvalue weighted by Crippen LogP contribution is -2.21. The van der Waals surface area contributed by atoms with Gasteiger partial charge in [-0.1, -0.05) is 139 Å². The fourth-order valence-electron chi connectivity index (χ4n) is 4.76. The van der Waals surface area contributed by atoms with Gasteiger partial charge in [-0.15, -0.1) is 0 Å². The van der Waals surface area contributed by atoms with Gasteiger partial charge in [0.2, 0.25) is 0 Å². The number of fused-ring (bicyclic) bond motifs is 2. The Morgan fingerprint density at radius 2 is 1.03 bits per heavy atom. The molecule has 1 nitrogen and oxygen atoms in total. The Hall–Kier alpha value is -3.15. The monoisotopic (exact) mass is 490 g/mol. The zero-order valence-corrected chi connectivity index (χ0v) is 23.1. The molecule has 2 heteroatoms. The van der Waals surface area contributed by atoms with Crippen molar-refractivity contribution in [2.24, 2.45) is 0 Å². The third-order valence-electron chi connectivity index (χ3n) is 6.81. The van der Waals surface area contributed by atoms with Gasteiger partial charge in [-0.2, -0.15) is 0 Å². The summed E-state index contributed by atoms with van der Waals surface area (Å²) in [6.45, 7) is 13.6. The highest BCUT2D eigenvalue weighted by molar-refractivity contribution is 7.69. The summed E-state index contributed by atoms with van der Waals surface area (Å²) >= 11 is 0. The smallest absolute Gasteiger partial charge is 0.152 e. The molecule has 0 aliphatic heterocycles. The third-order valence-corrected chi connectivity index (χ3v) is 8.85. The molecule has 182 valence electrons. The molecule has 0 aliphatic carbocycles. The Kier molecular flexibility index (Phi) is 6.39. The Morgan fingerprint density at radius 1 is 0.528 bits per heavy atom. The van der Waals surface area contributed by atoms with Gasteiger partial charge in [-0.05, 0) is 44.0 Å². The van der Waals surface area contributed by atoms with Gasteiger partial charge in [0.05, 0.1) is 0 Å². The minimum Gasteiger partial charge on any atom is -0.464 e. The van der Waals surface area contributed by atoms with Crippen LogP contribution in [-0.2, 0) is 10.8 Å². The second-order valence-corrected chi connectivity index (χ2v) is 13.3. The van der Waals surface area contributed by atoms with Crippen LogP contribution >= 0.6 is 8.15 Å². The van der Waals surface area contributed by atoms with E-state index < -0.39 is 8.15 Å². The Balaban J connectivity index is 1.75. The van der Waals surface area contributed by atoms with E-state index in [1.54, 1.807) is 0 Å². The van der Waals surface area contributed by atoms with E-state index in [0.717, 1.165) is 5.75 Å². The van der Waals surface area contributed by atoms with Crippen LogP contribution < -0.4 is 15.1 Å². The fourth-order valence-corrected chi connectivity index (χ4v) is 6.86. The van der Waals surface area contributed by atoms with Gasteiger partial charge in [0.25, 0.3) is 0 Å². The van der Waals surface area contributed by atoms with Gasteiger partial charge < -0.3 is 4.52 Å². The summed E-state index contributed by atoms with van der Waals surface area (Å²) in [6.07, 6.45) is 0. The van der Waals surface area contributed by atoms with Crippen molar-refractivity contribution >= 4 is 40.3 Å². The molecule has 5 aromatic carbocycles. The molecule has 0 unspecified atom stereocenters. The van der Waals surface area contributed by atoms with Crippen molar-refractivity contribution in [2.45, 2.75) is 52.4 Å². The standard InChI is InChI=1S/C34H35OP/c1-33(2,3)26-21-22-30(29(23-26)34(4,5)6)35-36(31-19-11-15-24-13-7-9-17-27(24)31)32-20-12-16-25-14-8-10-18-28(25)32/h7-23H,1-6H3. The van der Waals surface area contributed by atoms with Crippen LogP contribution in [0, 0.1) is 0 Å². The Labute approximate surface area is 217 Å². The molecular formula is C34H35OP. The largest absolute Gasteiger partial charge is 0.464 e. The van der Waals surface area contributed by atoms with E-state index >= 15 is 0 Å². The highest BCUT2D eigenvalue weighted by Crippen LogP contribution is 2.45. The maximum atomic E-state index is 7.19. The summed E-state index contributed by atoms with van der Waals surface area (Å²) in [5.41, 5.74) is 2.62. The van der Waals surface area contributed by atoms with Crippen molar-refractivity contribution in [3.8, 4) is 5.75 Å². The van der Waals surface area contributed by atoms with E-state index in [2.05, 4.69) is 145 Å². The lowest BCUT2D eigenvalue weighted by atomic mass is 9.80. The Morgan fingerprint density at radius 3 is 1.53 bits per heavy atom. The molecule has 0 radical (unpaired) electrons. The molecule has 5 aromatic rings. The second-order valence-electron chi connectivity index (χ2n) is 11.6. The lowest BCUT2D eigenvalue weighted by Gasteiger charge is -2.30. The molecule has 36 heavy (non-hydrogen) atoms. The first-order valence-corrected chi connectivity index (χ1v) is 14.0. The number of rotatable bonds is 4. The number of benzene rings is 5. The van der Waals surface area contributed by atoms with Gasteiger partial charge in [-0.3, -0.25) is 0 Å². The van der Waals surface area contributed by atoms with Crippen LogP contribution in [0.25, 0.3) is 21.5 Å². The van der Waals surface area contributed by atoms with E-state index in [9.17, 15) is 0 Å².